The second-order valence-electron chi connectivity index (χ2n) is 3.17. The Kier molecular flexibility index (Phi) is 7.36. The van der Waals surface area contributed by atoms with Gasteiger partial charge in [-0.2, -0.15) is 5.26 Å². The summed E-state index contributed by atoms with van der Waals surface area (Å²) in [7, 11) is 0. The molecule has 0 bridgehead atoms. The number of nitrogens with zero attached hydrogens (tertiary/aromatic N) is 1. The third kappa shape index (κ3) is 7.70. The number of hydrogen-bond donors (Lipinski definition) is 4. The van der Waals surface area contributed by atoms with Gasteiger partial charge in [0.05, 0.1) is 12.8 Å². The molecule has 0 atom stereocenters. The summed E-state index contributed by atoms with van der Waals surface area (Å²) in [5, 5.41) is 30.1. The van der Waals surface area contributed by atoms with Crippen molar-refractivity contribution in [1.29, 1.82) is 5.26 Å². The minimum Gasteiger partial charge on any atom is -0.481 e. The Morgan fingerprint density at radius 3 is 2.17 bits per heavy atom. The predicted molar refractivity (Wildman–Crippen MR) is 59.2 cm³/mol. The number of carbonyl (C=O) groups is 3. The Morgan fingerprint density at radius 2 is 1.67 bits per heavy atom. The summed E-state index contributed by atoms with van der Waals surface area (Å²) in [6.45, 7) is 0.00519. The Morgan fingerprint density at radius 1 is 1.11 bits per heavy atom. The molecule has 0 heterocycles. The van der Waals surface area contributed by atoms with Crippen LogP contribution in [0.2, 0.25) is 0 Å². The fourth-order valence-electron chi connectivity index (χ4n) is 0.880. The molecule has 0 unspecified atom stereocenters. The van der Waals surface area contributed by atoms with Crippen LogP contribution >= 0.6 is 0 Å². The first-order chi connectivity index (χ1) is 8.47. The zero-order valence-corrected chi connectivity index (χ0v) is 9.47. The standard InChI is InChI=1S/C10H13N3O5/c11-5-7(6-12-3-1-8(14)15)10(18)13-4-2-9(16)17/h6,12H,1-4H2,(H,13,18)(H,14,15)(H,16,17)/b7-6-. The average Bonchev–Trinajstić information content (AvgIpc) is 2.28. The first-order valence-electron chi connectivity index (χ1n) is 5.02. The highest BCUT2D eigenvalue weighted by Crippen LogP contribution is 1.91. The SMILES string of the molecule is N#C/C(=C/NCCC(=O)O)C(=O)NCCC(=O)O. The molecular formula is C10H13N3O5. The van der Waals surface area contributed by atoms with E-state index in [2.05, 4.69) is 10.6 Å². The first-order valence-corrected chi connectivity index (χ1v) is 5.02. The fourth-order valence-corrected chi connectivity index (χ4v) is 0.880. The molecule has 4 N–H and O–H groups in total. The summed E-state index contributed by atoms with van der Waals surface area (Å²) >= 11 is 0. The van der Waals surface area contributed by atoms with Crippen LogP contribution in [0.25, 0.3) is 0 Å². The molecule has 0 aromatic heterocycles. The lowest BCUT2D eigenvalue weighted by Crippen LogP contribution is -2.28. The molecule has 0 aromatic rings. The van der Waals surface area contributed by atoms with Gasteiger partial charge >= 0.3 is 11.9 Å². The van der Waals surface area contributed by atoms with Crippen molar-refractivity contribution >= 4 is 17.8 Å². The second-order valence-corrected chi connectivity index (χ2v) is 3.17. The van der Waals surface area contributed by atoms with Gasteiger partial charge in [-0.3, -0.25) is 14.4 Å². The minimum absolute atomic E-state index is 0.0810. The van der Waals surface area contributed by atoms with Gasteiger partial charge < -0.3 is 20.8 Å². The molecule has 8 heteroatoms. The quantitative estimate of drug-likeness (QED) is 0.249. The molecule has 0 saturated heterocycles. The van der Waals surface area contributed by atoms with Crippen molar-refractivity contribution in [3.63, 3.8) is 0 Å². The van der Waals surface area contributed by atoms with E-state index in [4.69, 9.17) is 15.5 Å². The predicted octanol–water partition coefficient (Wildman–Crippen LogP) is -0.951. The minimum atomic E-state index is -1.06. The molecule has 0 saturated carbocycles. The Labute approximate surface area is 103 Å². The van der Waals surface area contributed by atoms with E-state index in [9.17, 15) is 14.4 Å². The van der Waals surface area contributed by atoms with Crippen LogP contribution in [-0.4, -0.2) is 41.1 Å². The normalized spacial score (nSPS) is 10.3. The molecule has 0 spiro atoms. The Hall–Kier alpha value is -2.56. The number of aliphatic carboxylic acids is 2. The summed E-state index contributed by atoms with van der Waals surface area (Å²) in [6.07, 6.45) is 0.714. The number of carbonyl (C=O) groups excluding carboxylic acids is 1. The lowest BCUT2D eigenvalue weighted by atomic mass is 10.3. The number of rotatable bonds is 8. The van der Waals surface area contributed by atoms with Crippen LogP contribution in [0.4, 0.5) is 0 Å². The third-order valence-electron chi connectivity index (χ3n) is 1.72. The van der Waals surface area contributed by atoms with E-state index in [-0.39, 0.29) is 31.5 Å². The molecule has 0 aromatic carbocycles. The number of nitriles is 1. The van der Waals surface area contributed by atoms with Gasteiger partial charge in [0.1, 0.15) is 11.6 Å². The molecule has 1 amide bonds. The molecule has 0 aliphatic heterocycles. The van der Waals surface area contributed by atoms with Crippen LogP contribution in [0.3, 0.4) is 0 Å². The molecule has 18 heavy (non-hydrogen) atoms. The van der Waals surface area contributed by atoms with Crippen LogP contribution in [-0.2, 0) is 14.4 Å². The fraction of sp³-hybridized carbons (Fsp3) is 0.400. The molecule has 98 valence electrons. The zero-order valence-electron chi connectivity index (χ0n) is 9.47. The topological polar surface area (TPSA) is 140 Å². The van der Waals surface area contributed by atoms with Gasteiger partial charge in [0.2, 0.25) is 0 Å². The molecule has 0 radical (unpaired) electrons. The van der Waals surface area contributed by atoms with Gasteiger partial charge in [-0.15, -0.1) is 0 Å². The Bertz CT molecular complexity index is 397. The first kappa shape index (κ1) is 15.4. The van der Waals surface area contributed by atoms with E-state index in [1.54, 1.807) is 6.07 Å². The molecule has 0 aliphatic rings. The summed E-state index contributed by atoms with van der Waals surface area (Å²) < 4.78 is 0. The van der Waals surface area contributed by atoms with E-state index in [0.29, 0.717) is 0 Å². The van der Waals surface area contributed by atoms with Crippen molar-refractivity contribution in [1.82, 2.24) is 10.6 Å². The van der Waals surface area contributed by atoms with Gasteiger partial charge in [-0.25, -0.2) is 0 Å². The van der Waals surface area contributed by atoms with Crippen molar-refractivity contribution in [2.24, 2.45) is 0 Å². The lowest BCUT2D eigenvalue weighted by Gasteiger charge is -2.02. The van der Waals surface area contributed by atoms with E-state index in [1.807, 2.05) is 0 Å². The highest BCUT2D eigenvalue weighted by atomic mass is 16.4. The van der Waals surface area contributed by atoms with Crippen LogP contribution in [0, 0.1) is 11.3 Å². The highest BCUT2D eigenvalue weighted by Gasteiger charge is 2.08. The number of carboxylic acids is 2. The molecular weight excluding hydrogens is 242 g/mol. The molecule has 0 rings (SSSR count). The average molecular weight is 255 g/mol. The van der Waals surface area contributed by atoms with Crippen molar-refractivity contribution in [2.45, 2.75) is 12.8 Å². The van der Waals surface area contributed by atoms with E-state index < -0.39 is 17.8 Å². The monoisotopic (exact) mass is 255 g/mol. The largest absolute Gasteiger partial charge is 0.481 e. The number of carboxylic acid groups (broad SMARTS) is 2. The maximum absolute atomic E-state index is 11.3. The number of hydrogen-bond acceptors (Lipinski definition) is 5. The van der Waals surface area contributed by atoms with Crippen molar-refractivity contribution in [3.8, 4) is 6.07 Å². The van der Waals surface area contributed by atoms with E-state index >= 15 is 0 Å². The van der Waals surface area contributed by atoms with E-state index in [1.165, 1.54) is 0 Å². The van der Waals surface area contributed by atoms with Gasteiger partial charge in [0.25, 0.3) is 5.91 Å². The number of nitrogens with one attached hydrogen (secondary N) is 2. The van der Waals surface area contributed by atoms with Gasteiger partial charge in [-0.1, -0.05) is 0 Å². The lowest BCUT2D eigenvalue weighted by molar-refractivity contribution is -0.138. The molecule has 0 fully saturated rings. The highest BCUT2D eigenvalue weighted by molar-refractivity contribution is 5.97. The van der Waals surface area contributed by atoms with Crippen LogP contribution in [0.5, 0.6) is 0 Å². The van der Waals surface area contributed by atoms with Crippen molar-refractivity contribution < 1.29 is 24.6 Å². The summed E-state index contributed by atoms with van der Waals surface area (Å²) in [5.74, 6) is -2.76. The molecule has 8 nitrogen and oxygen atoms in total. The Balaban J connectivity index is 4.10. The van der Waals surface area contributed by atoms with Gasteiger partial charge in [0.15, 0.2) is 0 Å². The zero-order chi connectivity index (χ0) is 14.0. The van der Waals surface area contributed by atoms with Crippen LogP contribution < -0.4 is 10.6 Å². The maximum Gasteiger partial charge on any atom is 0.305 e. The van der Waals surface area contributed by atoms with Crippen LogP contribution in [0.1, 0.15) is 12.8 Å². The van der Waals surface area contributed by atoms with Crippen LogP contribution in [0.15, 0.2) is 11.8 Å². The van der Waals surface area contributed by atoms with Gasteiger partial charge in [-0.05, 0) is 0 Å². The van der Waals surface area contributed by atoms with Crippen molar-refractivity contribution in [3.05, 3.63) is 11.8 Å². The number of amides is 1. The molecule has 0 aliphatic carbocycles. The summed E-state index contributed by atoms with van der Waals surface area (Å²) in [4.78, 5) is 31.7. The summed E-state index contributed by atoms with van der Waals surface area (Å²) in [5.41, 5.74) is -0.245. The smallest absolute Gasteiger partial charge is 0.305 e. The second kappa shape index (κ2) is 8.58. The summed E-state index contributed by atoms with van der Waals surface area (Å²) in [6, 6.07) is 1.62. The maximum atomic E-state index is 11.3. The van der Waals surface area contributed by atoms with Crippen molar-refractivity contribution in [2.75, 3.05) is 13.1 Å². The van der Waals surface area contributed by atoms with Gasteiger partial charge in [0, 0.05) is 19.3 Å². The third-order valence-corrected chi connectivity index (χ3v) is 1.72. The van der Waals surface area contributed by atoms with E-state index in [0.717, 1.165) is 6.20 Å².